The van der Waals surface area contributed by atoms with Gasteiger partial charge in [-0.1, -0.05) is 19.9 Å². The lowest BCUT2D eigenvalue weighted by Crippen LogP contribution is -2.38. The first-order chi connectivity index (χ1) is 11.0. The molecule has 2 rings (SSSR count). The number of hydrogen-bond acceptors (Lipinski definition) is 2. The van der Waals surface area contributed by atoms with Crippen molar-refractivity contribution in [2.24, 2.45) is 10.9 Å². The number of imidazole rings is 1. The number of rotatable bonds is 5. The normalized spacial score (nSPS) is 11.3. The number of hydrogen-bond donors (Lipinski definition) is 2. The van der Waals surface area contributed by atoms with Gasteiger partial charge in [0, 0.05) is 32.5 Å². The molecule has 0 atom stereocenters. The third kappa shape index (κ3) is 5.47. The fourth-order valence-corrected chi connectivity index (χ4v) is 2.20. The third-order valence-electron chi connectivity index (χ3n) is 3.46. The van der Waals surface area contributed by atoms with Gasteiger partial charge >= 0.3 is 0 Å². The molecule has 0 spiro atoms. The zero-order chi connectivity index (χ0) is 16.8. The first kappa shape index (κ1) is 20.4. The summed E-state index contributed by atoms with van der Waals surface area (Å²) in [4.78, 5) is 8.28. The predicted octanol–water partition coefficient (Wildman–Crippen LogP) is 3.26. The predicted molar refractivity (Wildman–Crippen MR) is 107 cm³/mol. The van der Waals surface area contributed by atoms with Gasteiger partial charge in [-0.05, 0) is 30.5 Å². The van der Waals surface area contributed by atoms with Gasteiger partial charge in [0.15, 0.2) is 5.96 Å². The molecule has 0 saturated carbocycles. The molecule has 0 radical (unpaired) electrons. The van der Waals surface area contributed by atoms with Gasteiger partial charge in [-0.3, -0.25) is 4.99 Å². The Labute approximate surface area is 159 Å². The van der Waals surface area contributed by atoms with E-state index in [1.54, 1.807) is 30.1 Å². The van der Waals surface area contributed by atoms with Crippen LogP contribution in [-0.4, -0.2) is 29.1 Å². The second-order valence-corrected chi connectivity index (χ2v) is 5.83. The quantitative estimate of drug-likeness (QED) is 0.422. The lowest BCUT2D eigenvalue weighted by atomic mass is 10.2. The van der Waals surface area contributed by atoms with Crippen molar-refractivity contribution in [1.82, 2.24) is 20.2 Å². The average molecular weight is 445 g/mol. The van der Waals surface area contributed by atoms with Gasteiger partial charge < -0.3 is 15.2 Å². The summed E-state index contributed by atoms with van der Waals surface area (Å²) in [5, 5.41) is 6.41. The van der Waals surface area contributed by atoms with Crippen LogP contribution >= 0.6 is 24.0 Å². The summed E-state index contributed by atoms with van der Waals surface area (Å²) in [6.45, 7) is 7.46. The molecule has 5 nitrogen and oxygen atoms in total. The molecule has 0 amide bonds. The van der Waals surface area contributed by atoms with Crippen molar-refractivity contribution in [3.05, 3.63) is 47.8 Å². The van der Waals surface area contributed by atoms with Crippen LogP contribution in [0, 0.1) is 18.7 Å². The van der Waals surface area contributed by atoms with Crippen LogP contribution in [0.15, 0.2) is 35.6 Å². The lowest BCUT2D eigenvalue weighted by Gasteiger charge is -2.14. The molecule has 0 aliphatic carbocycles. The summed E-state index contributed by atoms with van der Waals surface area (Å²) in [5.74, 6) is 1.74. The number of halogens is 2. The maximum Gasteiger partial charge on any atom is 0.191 e. The smallest absolute Gasteiger partial charge is 0.191 e. The Kier molecular flexibility index (Phi) is 8.17. The minimum Gasteiger partial charge on any atom is -0.356 e. The third-order valence-corrected chi connectivity index (χ3v) is 3.46. The first-order valence-corrected chi connectivity index (χ1v) is 7.74. The van der Waals surface area contributed by atoms with E-state index in [-0.39, 0.29) is 29.8 Å². The van der Waals surface area contributed by atoms with E-state index in [4.69, 9.17) is 0 Å². The minimum absolute atomic E-state index is 0. The molecule has 0 bridgehead atoms. The fraction of sp³-hybridized carbons (Fsp3) is 0.412. The van der Waals surface area contributed by atoms with Crippen LogP contribution in [0.3, 0.4) is 0 Å². The summed E-state index contributed by atoms with van der Waals surface area (Å²) >= 11 is 0. The molecule has 2 aromatic rings. The van der Waals surface area contributed by atoms with Gasteiger partial charge in [0.05, 0.1) is 5.69 Å². The van der Waals surface area contributed by atoms with Gasteiger partial charge in [0.2, 0.25) is 0 Å². The molecule has 0 aliphatic heterocycles. The van der Waals surface area contributed by atoms with Crippen LogP contribution in [0.1, 0.15) is 25.2 Å². The van der Waals surface area contributed by atoms with Crippen LogP contribution in [0.2, 0.25) is 0 Å². The highest BCUT2D eigenvalue weighted by atomic mass is 127. The standard InChI is InChI=1S/C17H24FN5.HI/c1-12(2)10-21-17(19-4)22-11-14-5-6-16(15(18)9-14)23-8-7-20-13(23)3;/h5-9,12H,10-11H2,1-4H3,(H2,19,21,22);1H. The summed E-state index contributed by atoms with van der Waals surface area (Å²) in [6.07, 6.45) is 3.41. The molecule has 1 aromatic heterocycles. The Morgan fingerprint density at radius 3 is 2.62 bits per heavy atom. The average Bonchev–Trinajstić information content (AvgIpc) is 2.93. The SMILES string of the molecule is CN=C(NCc1ccc(-n2ccnc2C)c(F)c1)NCC(C)C.I. The zero-order valence-electron chi connectivity index (χ0n) is 14.5. The molecule has 0 saturated heterocycles. The van der Waals surface area contributed by atoms with Crippen molar-refractivity contribution in [2.45, 2.75) is 27.3 Å². The first-order valence-electron chi connectivity index (χ1n) is 7.74. The lowest BCUT2D eigenvalue weighted by molar-refractivity contribution is 0.609. The van der Waals surface area contributed by atoms with E-state index in [2.05, 4.69) is 34.5 Å². The molecule has 2 N–H and O–H groups in total. The highest BCUT2D eigenvalue weighted by molar-refractivity contribution is 14.0. The van der Waals surface area contributed by atoms with E-state index >= 15 is 0 Å². The molecule has 0 fully saturated rings. The van der Waals surface area contributed by atoms with Crippen molar-refractivity contribution in [1.29, 1.82) is 0 Å². The minimum atomic E-state index is -0.268. The Hall–Kier alpha value is -1.64. The van der Waals surface area contributed by atoms with Gasteiger partial charge in [0.25, 0.3) is 0 Å². The van der Waals surface area contributed by atoms with E-state index < -0.39 is 0 Å². The summed E-state index contributed by atoms with van der Waals surface area (Å²) in [5.41, 5.74) is 1.36. The number of nitrogens with one attached hydrogen (secondary N) is 2. The Morgan fingerprint density at radius 2 is 2.08 bits per heavy atom. The Morgan fingerprint density at radius 1 is 1.33 bits per heavy atom. The molecule has 1 heterocycles. The molecular formula is C17H25FIN5. The van der Waals surface area contributed by atoms with Crippen molar-refractivity contribution in [3.8, 4) is 5.69 Å². The second kappa shape index (κ2) is 9.61. The second-order valence-electron chi connectivity index (χ2n) is 5.83. The number of aryl methyl sites for hydroxylation is 1. The van der Waals surface area contributed by atoms with E-state index in [0.717, 1.165) is 17.9 Å². The highest BCUT2D eigenvalue weighted by Crippen LogP contribution is 2.16. The monoisotopic (exact) mass is 445 g/mol. The van der Waals surface area contributed by atoms with Gasteiger partial charge in [-0.15, -0.1) is 24.0 Å². The number of nitrogens with zero attached hydrogens (tertiary/aromatic N) is 3. The molecule has 0 unspecified atom stereocenters. The summed E-state index contributed by atoms with van der Waals surface area (Å²) in [7, 11) is 1.72. The molecule has 7 heteroatoms. The Bertz CT molecular complexity index is 681. The van der Waals surface area contributed by atoms with Gasteiger partial charge in [-0.2, -0.15) is 0 Å². The van der Waals surface area contributed by atoms with E-state index in [1.165, 1.54) is 6.07 Å². The number of guanidine groups is 1. The summed E-state index contributed by atoms with van der Waals surface area (Å²) in [6, 6.07) is 5.21. The van der Waals surface area contributed by atoms with E-state index in [9.17, 15) is 4.39 Å². The molecule has 24 heavy (non-hydrogen) atoms. The fourth-order valence-electron chi connectivity index (χ4n) is 2.20. The van der Waals surface area contributed by atoms with Crippen molar-refractivity contribution < 1.29 is 4.39 Å². The van der Waals surface area contributed by atoms with E-state index in [0.29, 0.717) is 24.1 Å². The summed E-state index contributed by atoms with van der Waals surface area (Å²) < 4.78 is 16.1. The molecular weight excluding hydrogens is 420 g/mol. The number of aliphatic imine (C=N–C) groups is 1. The number of benzene rings is 1. The van der Waals surface area contributed by atoms with Crippen LogP contribution in [0.4, 0.5) is 4.39 Å². The van der Waals surface area contributed by atoms with Crippen molar-refractivity contribution in [3.63, 3.8) is 0 Å². The maximum atomic E-state index is 14.3. The van der Waals surface area contributed by atoms with Crippen LogP contribution in [-0.2, 0) is 6.54 Å². The van der Waals surface area contributed by atoms with E-state index in [1.807, 2.05) is 13.0 Å². The zero-order valence-corrected chi connectivity index (χ0v) is 16.8. The molecule has 132 valence electrons. The topological polar surface area (TPSA) is 54.2 Å². The van der Waals surface area contributed by atoms with Crippen molar-refractivity contribution in [2.75, 3.05) is 13.6 Å². The van der Waals surface area contributed by atoms with Crippen molar-refractivity contribution >= 4 is 29.9 Å². The Balaban J connectivity index is 0.00000288. The van der Waals surface area contributed by atoms with Crippen LogP contribution in [0.25, 0.3) is 5.69 Å². The molecule has 0 aliphatic rings. The maximum absolute atomic E-state index is 14.3. The highest BCUT2D eigenvalue weighted by Gasteiger charge is 2.08. The van der Waals surface area contributed by atoms with Crippen LogP contribution < -0.4 is 10.6 Å². The largest absolute Gasteiger partial charge is 0.356 e. The van der Waals surface area contributed by atoms with Crippen LogP contribution in [0.5, 0.6) is 0 Å². The van der Waals surface area contributed by atoms with Gasteiger partial charge in [0.1, 0.15) is 11.6 Å². The number of aromatic nitrogens is 2. The van der Waals surface area contributed by atoms with Gasteiger partial charge in [-0.25, -0.2) is 9.37 Å². The molecule has 1 aromatic carbocycles.